The van der Waals surface area contributed by atoms with Crippen LogP contribution in [0.1, 0.15) is 18.2 Å². The zero-order chi connectivity index (χ0) is 21.4. The van der Waals surface area contributed by atoms with Crippen LogP contribution in [0, 0.1) is 0 Å². The molecule has 7 nitrogen and oxygen atoms in total. The third-order valence-electron chi connectivity index (χ3n) is 4.18. The Labute approximate surface area is 204 Å². The minimum atomic E-state index is -0.0899. The van der Waals surface area contributed by atoms with Crippen molar-refractivity contribution < 1.29 is 9.53 Å². The number of nitrogens with zero attached hydrogens (tertiary/aromatic N) is 3. The predicted octanol–water partition coefficient (Wildman–Crippen LogP) is 3.67. The smallest absolute Gasteiger partial charge is 0.259 e. The number of benzene rings is 1. The molecule has 0 saturated heterocycles. The molecule has 1 amide bonds. The molecule has 1 aromatic carbocycles. The standard InChI is InChI=1S/C20H27Cl2N5O2.HI/c1-5-23-20(25-12-15-10-17(21)19(22)27(15)4)24-11-14-7-6-8-16(9-14)29-13-18(28)26(2)3;/h6-10H,5,11-13H2,1-4H3,(H2,23,24,25);1H. The fourth-order valence-corrected chi connectivity index (χ4v) is 2.87. The van der Waals surface area contributed by atoms with Crippen LogP contribution in [0.3, 0.4) is 0 Å². The fraction of sp³-hybridized carbons (Fsp3) is 0.400. The van der Waals surface area contributed by atoms with E-state index in [0.717, 1.165) is 17.8 Å². The molecule has 0 radical (unpaired) electrons. The number of aromatic nitrogens is 1. The molecule has 2 aromatic rings. The topological polar surface area (TPSA) is 70.9 Å². The molecule has 0 aliphatic carbocycles. The van der Waals surface area contributed by atoms with Gasteiger partial charge in [0.2, 0.25) is 0 Å². The zero-order valence-electron chi connectivity index (χ0n) is 17.5. The van der Waals surface area contributed by atoms with E-state index in [9.17, 15) is 4.79 Å². The number of amides is 1. The molecule has 0 unspecified atom stereocenters. The Bertz CT molecular complexity index is 871. The van der Waals surface area contributed by atoms with Gasteiger partial charge in [-0.25, -0.2) is 4.99 Å². The normalized spacial score (nSPS) is 10.9. The second-order valence-corrected chi connectivity index (χ2v) is 7.37. The SMILES string of the molecule is CCNC(=NCc1cccc(OCC(=O)N(C)C)c1)NCc1cc(Cl)c(Cl)n1C.I. The monoisotopic (exact) mass is 567 g/mol. The van der Waals surface area contributed by atoms with E-state index in [-0.39, 0.29) is 36.5 Å². The molecule has 0 aliphatic heterocycles. The highest BCUT2D eigenvalue weighted by Crippen LogP contribution is 2.24. The van der Waals surface area contributed by atoms with Crippen LogP contribution in [0.4, 0.5) is 0 Å². The molecular weight excluding hydrogens is 540 g/mol. The van der Waals surface area contributed by atoms with Gasteiger partial charge in [0.15, 0.2) is 12.6 Å². The molecule has 0 aliphatic rings. The van der Waals surface area contributed by atoms with Crippen molar-refractivity contribution in [2.75, 3.05) is 27.2 Å². The summed E-state index contributed by atoms with van der Waals surface area (Å²) in [5.74, 6) is 1.22. The van der Waals surface area contributed by atoms with Gasteiger partial charge in [-0.1, -0.05) is 35.3 Å². The number of halogens is 3. The number of ether oxygens (including phenoxy) is 1. The first-order chi connectivity index (χ1) is 13.8. The number of likely N-dealkylation sites (N-methyl/N-ethyl adjacent to an activating group) is 1. The number of hydrogen-bond donors (Lipinski definition) is 2. The van der Waals surface area contributed by atoms with E-state index < -0.39 is 0 Å². The van der Waals surface area contributed by atoms with E-state index >= 15 is 0 Å². The van der Waals surface area contributed by atoms with E-state index in [1.165, 1.54) is 4.90 Å². The summed E-state index contributed by atoms with van der Waals surface area (Å²) in [5, 5.41) is 7.52. The van der Waals surface area contributed by atoms with Gasteiger partial charge in [-0.15, -0.1) is 24.0 Å². The van der Waals surface area contributed by atoms with Gasteiger partial charge in [-0.2, -0.15) is 0 Å². The lowest BCUT2D eigenvalue weighted by Gasteiger charge is -2.13. The van der Waals surface area contributed by atoms with Gasteiger partial charge in [-0.3, -0.25) is 4.79 Å². The second kappa shape index (κ2) is 12.9. The van der Waals surface area contributed by atoms with Crippen LogP contribution < -0.4 is 15.4 Å². The average Bonchev–Trinajstić information content (AvgIpc) is 2.95. The lowest BCUT2D eigenvalue weighted by Crippen LogP contribution is -2.37. The lowest BCUT2D eigenvalue weighted by molar-refractivity contribution is -0.130. The Morgan fingerprint density at radius 3 is 2.57 bits per heavy atom. The number of carbonyl (C=O) groups excluding carboxylic acids is 1. The van der Waals surface area contributed by atoms with Gasteiger partial charge in [-0.05, 0) is 30.7 Å². The van der Waals surface area contributed by atoms with Gasteiger partial charge < -0.3 is 24.8 Å². The summed E-state index contributed by atoms with van der Waals surface area (Å²) in [4.78, 5) is 17.8. The van der Waals surface area contributed by atoms with Crippen LogP contribution in [-0.2, 0) is 24.9 Å². The summed E-state index contributed by atoms with van der Waals surface area (Å²) in [6.07, 6.45) is 0. The van der Waals surface area contributed by atoms with Gasteiger partial charge in [0.25, 0.3) is 5.91 Å². The van der Waals surface area contributed by atoms with Crippen LogP contribution >= 0.6 is 47.2 Å². The highest BCUT2D eigenvalue weighted by molar-refractivity contribution is 14.0. The van der Waals surface area contributed by atoms with Crippen molar-refractivity contribution in [3.05, 3.63) is 51.8 Å². The molecule has 0 bridgehead atoms. The highest BCUT2D eigenvalue weighted by Gasteiger charge is 2.09. The minimum absolute atomic E-state index is 0. The van der Waals surface area contributed by atoms with E-state index in [4.69, 9.17) is 27.9 Å². The van der Waals surface area contributed by atoms with Crippen molar-refractivity contribution in [3.8, 4) is 5.75 Å². The molecule has 0 spiro atoms. The van der Waals surface area contributed by atoms with Crippen LogP contribution in [0.15, 0.2) is 35.3 Å². The molecule has 1 heterocycles. The first-order valence-corrected chi connectivity index (χ1v) is 10.0. The Hall–Kier alpha value is -1.65. The molecule has 0 saturated carbocycles. The summed E-state index contributed by atoms with van der Waals surface area (Å²) < 4.78 is 7.39. The van der Waals surface area contributed by atoms with Crippen molar-refractivity contribution in [1.29, 1.82) is 0 Å². The molecule has 30 heavy (non-hydrogen) atoms. The molecule has 166 valence electrons. The maximum Gasteiger partial charge on any atom is 0.259 e. The molecule has 0 atom stereocenters. The summed E-state index contributed by atoms with van der Waals surface area (Å²) in [7, 11) is 5.26. The minimum Gasteiger partial charge on any atom is -0.484 e. The van der Waals surface area contributed by atoms with Crippen molar-refractivity contribution in [1.82, 2.24) is 20.1 Å². The summed E-state index contributed by atoms with van der Waals surface area (Å²) >= 11 is 12.2. The molecule has 2 N–H and O–H groups in total. The Balaban J connectivity index is 0.00000450. The molecule has 0 fully saturated rings. The van der Waals surface area contributed by atoms with Crippen LogP contribution in [0.2, 0.25) is 10.2 Å². The number of carbonyl (C=O) groups is 1. The molecular formula is C20H28Cl2IN5O2. The Morgan fingerprint density at radius 2 is 1.97 bits per heavy atom. The summed E-state index contributed by atoms with van der Waals surface area (Å²) in [5.41, 5.74) is 1.92. The number of nitrogens with one attached hydrogen (secondary N) is 2. The summed E-state index contributed by atoms with van der Waals surface area (Å²) in [6, 6.07) is 9.38. The number of guanidine groups is 1. The Morgan fingerprint density at radius 1 is 1.23 bits per heavy atom. The number of rotatable bonds is 8. The van der Waals surface area contributed by atoms with E-state index in [0.29, 0.717) is 35.0 Å². The molecule has 2 rings (SSSR count). The van der Waals surface area contributed by atoms with Crippen LogP contribution in [0.25, 0.3) is 0 Å². The zero-order valence-corrected chi connectivity index (χ0v) is 21.4. The van der Waals surface area contributed by atoms with Gasteiger partial charge >= 0.3 is 0 Å². The van der Waals surface area contributed by atoms with E-state index in [1.54, 1.807) is 14.1 Å². The van der Waals surface area contributed by atoms with Crippen molar-refractivity contribution in [2.24, 2.45) is 12.0 Å². The van der Waals surface area contributed by atoms with Crippen molar-refractivity contribution in [2.45, 2.75) is 20.0 Å². The third kappa shape index (κ3) is 7.88. The first-order valence-electron chi connectivity index (χ1n) is 9.25. The average molecular weight is 568 g/mol. The quantitative estimate of drug-likeness (QED) is 0.290. The van der Waals surface area contributed by atoms with Gasteiger partial charge in [0.1, 0.15) is 10.9 Å². The predicted molar refractivity (Wildman–Crippen MR) is 133 cm³/mol. The van der Waals surface area contributed by atoms with Crippen molar-refractivity contribution in [3.63, 3.8) is 0 Å². The fourth-order valence-electron chi connectivity index (χ4n) is 2.45. The largest absolute Gasteiger partial charge is 0.484 e. The lowest BCUT2D eigenvalue weighted by atomic mass is 10.2. The van der Waals surface area contributed by atoms with Crippen molar-refractivity contribution >= 4 is 59.0 Å². The number of aliphatic imine (C=N–C) groups is 1. The second-order valence-electron chi connectivity index (χ2n) is 6.61. The highest BCUT2D eigenvalue weighted by atomic mass is 127. The van der Waals surface area contributed by atoms with Crippen LogP contribution in [0.5, 0.6) is 5.75 Å². The maximum absolute atomic E-state index is 11.7. The van der Waals surface area contributed by atoms with E-state index in [1.807, 2.05) is 48.9 Å². The number of hydrogen-bond acceptors (Lipinski definition) is 3. The maximum atomic E-state index is 11.7. The van der Waals surface area contributed by atoms with Gasteiger partial charge in [0.05, 0.1) is 18.1 Å². The van der Waals surface area contributed by atoms with Gasteiger partial charge in [0, 0.05) is 33.4 Å². The first kappa shape index (κ1) is 26.4. The van der Waals surface area contributed by atoms with Crippen LogP contribution in [-0.4, -0.2) is 48.6 Å². The molecule has 1 aromatic heterocycles. The third-order valence-corrected chi connectivity index (χ3v) is 5.02. The molecule has 10 heteroatoms. The summed E-state index contributed by atoms with van der Waals surface area (Å²) in [6.45, 7) is 3.74. The Kier molecular flexibility index (Phi) is 11.4. The van der Waals surface area contributed by atoms with E-state index in [2.05, 4.69) is 15.6 Å².